The van der Waals surface area contributed by atoms with E-state index in [9.17, 15) is 9.90 Å². The lowest BCUT2D eigenvalue weighted by Crippen LogP contribution is -2.31. The van der Waals surface area contributed by atoms with Crippen LogP contribution in [0.5, 0.6) is 11.5 Å². The van der Waals surface area contributed by atoms with Crippen molar-refractivity contribution in [3.8, 4) is 11.5 Å². The van der Waals surface area contributed by atoms with Crippen LogP contribution < -0.4 is 4.74 Å². The number of nitrogens with zero attached hydrogens (tertiary/aromatic N) is 2. The smallest absolute Gasteiger partial charge is 0.296 e. The van der Waals surface area contributed by atoms with Gasteiger partial charge in [-0.25, -0.2) is 0 Å². The monoisotopic (exact) mass is 396 g/mol. The van der Waals surface area contributed by atoms with E-state index < -0.39 is 23.8 Å². The lowest BCUT2D eigenvalue weighted by atomic mass is 9.77. The van der Waals surface area contributed by atoms with E-state index in [0.717, 1.165) is 37.4 Å². The van der Waals surface area contributed by atoms with Gasteiger partial charge >= 0.3 is 0 Å². The standard InChI is InChI=1S/C19H19ClF2N2O3/c20-15-7-14-18(13(8-25)17(15)26)27-9-11-3-1-2-4-12(11)16-5-6-23-24(16)10-19(14,21)22/h5-8,11-12,26H,1-4,9-10H2. The van der Waals surface area contributed by atoms with Crippen molar-refractivity contribution < 1.29 is 23.4 Å². The number of alkyl halides is 2. The molecular formula is C19H19ClF2N2O3. The number of carbonyl (C=O) groups excluding carboxylic acids is 1. The van der Waals surface area contributed by atoms with Crippen LogP contribution in [-0.4, -0.2) is 27.8 Å². The van der Waals surface area contributed by atoms with E-state index >= 15 is 8.78 Å². The van der Waals surface area contributed by atoms with E-state index in [4.69, 9.17) is 16.3 Å². The van der Waals surface area contributed by atoms with Crippen LogP contribution in [0.3, 0.4) is 0 Å². The normalized spacial score (nSPS) is 24.1. The van der Waals surface area contributed by atoms with Gasteiger partial charge in [-0.1, -0.05) is 24.4 Å². The first-order valence-electron chi connectivity index (χ1n) is 8.96. The van der Waals surface area contributed by atoms with Crippen LogP contribution in [0.25, 0.3) is 0 Å². The molecule has 144 valence electrons. The average Bonchev–Trinajstić information content (AvgIpc) is 3.09. The summed E-state index contributed by atoms with van der Waals surface area (Å²) in [6.45, 7) is -0.505. The number of benzene rings is 1. The van der Waals surface area contributed by atoms with Gasteiger partial charge in [-0.3, -0.25) is 9.48 Å². The Hall–Kier alpha value is -2.15. The molecule has 27 heavy (non-hydrogen) atoms. The maximum absolute atomic E-state index is 15.2. The number of carbonyl (C=O) groups is 1. The van der Waals surface area contributed by atoms with Crippen molar-refractivity contribution in [3.05, 3.63) is 40.2 Å². The molecular weight excluding hydrogens is 378 g/mol. The number of aromatic hydroxyl groups is 1. The Labute approximate surface area is 159 Å². The molecule has 4 rings (SSSR count). The molecule has 0 spiro atoms. The van der Waals surface area contributed by atoms with E-state index in [1.807, 2.05) is 0 Å². The number of ether oxygens (including phenoxy) is 1. The van der Waals surface area contributed by atoms with Gasteiger partial charge in [-0.05, 0) is 25.0 Å². The summed E-state index contributed by atoms with van der Waals surface area (Å²) in [5.41, 5.74) is -0.0687. The average molecular weight is 397 g/mol. The Morgan fingerprint density at radius 1 is 1.37 bits per heavy atom. The topological polar surface area (TPSA) is 64.3 Å². The van der Waals surface area contributed by atoms with Gasteiger partial charge in [-0.2, -0.15) is 13.9 Å². The molecule has 5 nitrogen and oxygen atoms in total. The van der Waals surface area contributed by atoms with Crippen molar-refractivity contribution in [2.75, 3.05) is 6.61 Å². The summed E-state index contributed by atoms with van der Waals surface area (Å²) in [6, 6.07) is 2.77. The first-order valence-corrected chi connectivity index (χ1v) is 9.33. The van der Waals surface area contributed by atoms with Gasteiger partial charge in [0.1, 0.15) is 23.6 Å². The molecule has 8 heteroatoms. The fraction of sp³-hybridized carbons (Fsp3) is 0.474. The third-order valence-electron chi connectivity index (χ3n) is 5.58. The van der Waals surface area contributed by atoms with E-state index in [1.54, 1.807) is 6.07 Å². The number of phenols is 1. The zero-order valence-electron chi connectivity index (χ0n) is 14.5. The Morgan fingerprint density at radius 2 is 2.15 bits per heavy atom. The van der Waals surface area contributed by atoms with Crippen molar-refractivity contribution in [1.29, 1.82) is 0 Å². The maximum atomic E-state index is 15.2. The highest BCUT2D eigenvalue weighted by Gasteiger charge is 2.41. The molecule has 0 bridgehead atoms. The van der Waals surface area contributed by atoms with Gasteiger partial charge in [-0.15, -0.1) is 0 Å². The lowest BCUT2D eigenvalue weighted by molar-refractivity contribution is -0.0311. The van der Waals surface area contributed by atoms with Crippen LogP contribution in [-0.2, 0) is 12.5 Å². The van der Waals surface area contributed by atoms with Crippen LogP contribution in [0, 0.1) is 5.92 Å². The number of fused-ring (bicyclic) bond motifs is 4. The Bertz CT molecular complexity index is 884. The predicted molar refractivity (Wildman–Crippen MR) is 94.8 cm³/mol. The summed E-state index contributed by atoms with van der Waals surface area (Å²) < 4.78 is 37.4. The third-order valence-corrected chi connectivity index (χ3v) is 5.87. The van der Waals surface area contributed by atoms with Crippen LogP contribution in [0.2, 0.25) is 5.02 Å². The van der Waals surface area contributed by atoms with Gasteiger partial charge in [0.15, 0.2) is 6.29 Å². The minimum Gasteiger partial charge on any atom is -0.505 e. The van der Waals surface area contributed by atoms with Gasteiger partial charge in [0.2, 0.25) is 0 Å². The van der Waals surface area contributed by atoms with Crippen molar-refractivity contribution in [3.63, 3.8) is 0 Å². The highest BCUT2D eigenvalue weighted by atomic mass is 35.5. The summed E-state index contributed by atoms with van der Waals surface area (Å²) in [6.07, 6.45) is 5.68. The number of hydrogen-bond donors (Lipinski definition) is 1. The first kappa shape index (κ1) is 18.2. The molecule has 1 aromatic carbocycles. The second kappa shape index (κ2) is 6.78. The summed E-state index contributed by atoms with van der Waals surface area (Å²) in [7, 11) is 0. The summed E-state index contributed by atoms with van der Waals surface area (Å²) in [5, 5.41) is 13.9. The molecule has 0 radical (unpaired) electrons. The second-order valence-electron chi connectivity index (χ2n) is 7.20. The van der Waals surface area contributed by atoms with Gasteiger partial charge in [0.05, 0.1) is 17.2 Å². The maximum Gasteiger partial charge on any atom is 0.296 e. The van der Waals surface area contributed by atoms with Crippen molar-refractivity contribution in [2.45, 2.75) is 44.1 Å². The second-order valence-corrected chi connectivity index (χ2v) is 7.60. The summed E-state index contributed by atoms with van der Waals surface area (Å²) in [5.74, 6) is -4.03. The number of phenolic OH excluding ortho intramolecular Hbond substituents is 1. The molecule has 0 saturated heterocycles. The Morgan fingerprint density at radius 3 is 2.93 bits per heavy atom. The molecule has 2 aromatic rings. The number of aromatic nitrogens is 2. The Kier molecular flexibility index (Phi) is 4.58. The molecule has 1 saturated carbocycles. The van der Waals surface area contributed by atoms with Crippen molar-refractivity contribution in [1.82, 2.24) is 9.78 Å². The SMILES string of the molecule is O=Cc1c(O)c(Cl)cc2c1OCC1CCCCC1c1ccnn1CC2(F)F. The first-order chi connectivity index (χ1) is 12.9. The molecule has 1 aliphatic carbocycles. The van der Waals surface area contributed by atoms with Crippen LogP contribution in [0.15, 0.2) is 18.3 Å². The molecule has 0 amide bonds. The minimum atomic E-state index is -3.38. The highest BCUT2D eigenvalue weighted by Crippen LogP contribution is 2.47. The third kappa shape index (κ3) is 3.08. The molecule has 2 atom stereocenters. The lowest BCUT2D eigenvalue weighted by Gasteiger charge is -2.34. The largest absolute Gasteiger partial charge is 0.505 e. The van der Waals surface area contributed by atoms with Gasteiger partial charge in [0, 0.05) is 23.7 Å². The van der Waals surface area contributed by atoms with Gasteiger partial charge in [0.25, 0.3) is 5.92 Å². The summed E-state index contributed by atoms with van der Waals surface area (Å²) in [4.78, 5) is 11.5. The van der Waals surface area contributed by atoms with Crippen LogP contribution in [0.1, 0.15) is 53.2 Å². The molecule has 1 aliphatic heterocycles. The zero-order valence-corrected chi connectivity index (χ0v) is 15.3. The quantitative estimate of drug-likeness (QED) is 0.720. The fourth-order valence-electron chi connectivity index (χ4n) is 4.23. The predicted octanol–water partition coefficient (Wildman–Crippen LogP) is 4.51. The van der Waals surface area contributed by atoms with E-state index in [-0.39, 0.29) is 34.8 Å². The number of hydrogen-bond acceptors (Lipinski definition) is 4. The minimum absolute atomic E-state index is 0.0687. The van der Waals surface area contributed by atoms with Crippen LogP contribution >= 0.6 is 11.6 Å². The van der Waals surface area contributed by atoms with Crippen LogP contribution in [0.4, 0.5) is 8.78 Å². The van der Waals surface area contributed by atoms with E-state index in [1.165, 1.54) is 10.9 Å². The zero-order chi connectivity index (χ0) is 19.2. The molecule has 2 heterocycles. The molecule has 1 fully saturated rings. The van der Waals surface area contributed by atoms with Crippen molar-refractivity contribution in [2.24, 2.45) is 5.92 Å². The molecule has 1 aromatic heterocycles. The van der Waals surface area contributed by atoms with E-state index in [2.05, 4.69) is 5.10 Å². The number of rotatable bonds is 1. The van der Waals surface area contributed by atoms with Crippen molar-refractivity contribution >= 4 is 17.9 Å². The molecule has 1 N–H and O–H groups in total. The van der Waals surface area contributed by atoms with Gasteiger partial charge < -0.3 is 9.84 Å². The molecule has 2 unspecified atom stereocenters. The van der Waals surface area contributed by atoms with E-state index in [0.29, 0.717) is 6.29 Å². The fourth-order valence-corrected chi connectivity index (χ4v) is 4.44. The number of aldehydes is 1. The highest BCUT2D eigenvalue weighted by molar-refractivity contribution is 6.32. The Balaban J connectivity index is 1.89. The molecule has 2 aliphatic rings. The summed E-state index contributed by atoms with van der Waals surface area (Å²) >= 11 is 5.89. The number of halogens is 3.